The van der Waals surface area contributed by atoms with Gasteiger partial charge in [0.1, 0.15) is 23.8 Å². The molecular weight excluding hydrogens is 566 g/mol. The minimum Gasteiger partial charge on any atom is -0.492 e. The first-order chi connectivity index (χ1) is 19.5. The molecule has 2 aliphatic rings. The number of piperidine rings is 1. The summed E-state index contributed by atoms with van der Waals surface area (Å²) < 4.78 is 26.4. The molecule has 0 saturated carbocycles. The number of esters is 1. The van der Waals surface area contributed by atoms with E-state index in [2.05, 4.69) is 4.90 Å². The number of carbonyl (C=O) groups is 2. The zero-order chi connectivity index (χ0) is 29.6. The van der Waals surface area contributed by atoms with Crippen molar-refractivity contribution in [3.63, 3.8) is 0 Å². The normalized spacial score (nSPS) is 17.5. The highest BCUT2D eigenvalue weighted by molar-refractivity contribution is 6.31. The van der Waals surface area contributed by atoms with Crippen molar-refractivity contribution in [2.75, 3.05) is 39.3 Å². The van der Waals surface area contributed by atoms with E-state index >= 15 is 0 Å². The zero-order valence-electron chi connectivity index (χ0n) is 24.3. The minimum absolute atomic E-state index is 0.0905. The topological polar surface area (TPSA) is 59.1 Å². The quantitative estimate of drug-likeness (QED) is 0.275. The van der Waals surface area contributed by atoms with Crippen molar-refractivity contribution in [3.8, 4) is 5.75 Å². The first kappa shape index (κ1) is 31.6. The molecule has 224 valence electrons. The number of hydrogen-bond acceptors (Lipinski definition) is 5. The van der Waals surface area contributed by atoms with Gasteiger partial charge in [0.15, 0.2) is 0 Å². The number of nitrogens with zero attached hydrogens (tertiary/aromatic N) is 2. The Balaban J connectivity index is 1.41. The Bertz CT molecular complexity index is 1200. The standard InChI is InChI=1S/C32H41Cl2FN2O4/c1-32(2,3)41-30(38)19-24(18-23-6-7-25(33)20-28(23)35)31(39)37-14-10-22(11-15-37)27-9-8-26(34)21-29(27)40-17-16-36-12-4-5-13-36/h6-9,20-22,24H,4-5,10-19H2,1-3H3/t24-/m0/s1. The molecule has 2 aromatic rings. The van der Waals surface area contributed by atoms with E-state index in [1.54, 1.807) is 37.8 Å². The van der Waals surface area contributed by atoms with Crippen LogP contribution in [0.15, 0.2) is 36.4 Å². The largest absolute Gasteiger partial charge is 0.492 e. The Labute approximate surface area is 253 Å². The molecule has 2 fully saturated rings. The van der Waals surface area contributed by atoms with Crippen LogP contribution >= 0.6 is 23.2 Å². The van der Waals surface area contributed by atoms with Gasteiger partial charge in [0.25, 0.3) is 0 Å². The van der Waals surface area contributed by atoms with Gasteiger partial charge in [0, 0.05) is 29.7 Å². The van der Waals surface area contributed by atoms with Crippen molar-refractivity contribution in [1.82, 2.24) is 9.80 Å². The molecule has 0 radical (unpaired) electrons. The van der Waals surface area contributed by atoms with Crippen LogP contribution in [0.2, 0.25) is 10.0 Å². The lowest BCUT2D eigenvalue weighted by atomic mass is 9.87. The lowest BCUT2D eigenvalue weighted by Gasteiger charge is -2.35. The number of amides is 1. The molecule has 0 spiro atoms. The molecule has 0 N–H and O–H groups in total. The molecule has 0 bridgehead atoms. The number of hydrogen-bond donors (Lipinski definition) is 0. The number of ether oxygens (including phenoxy) is 2. The Hall–Kier alpha value is -2.35. The average molecular weight is 608 g/mol. The Kier molecular flexibility index (Phi) is 10.9. The van der Waals surface area contributed by atoms with Crippen LogP contribution in [0.5, 0.6) is 5.75 Å². The summed E-state index contributed by atoms with van der Waals surface area (Å²) in [6, 6.07) is 10.2. The maximum absolute atomic E-state index is 14.7. The fourth-order valence-electron chi connectivity index (χ4n) is 5.71. The molecule has 6 nitrogen and oxygen atoms in total. The van der Waals surface area contributed by atoms with Gasteiger partial charge in [-0.15, -0.1) is 0 Å². The van der Waals surface area contributed by atoms with E-state index in [9.17, 15) is 14.0 Å². The van der Waals surface area contributed by atoms with Gasteiger partial charge in [-0.05, 0) is 107 Å². The summed E-state index contributed by atoms with van der Waals surface area (Å²) in [7, 11) is 0. The van der Waals surface area contributed by atoms with Crippen LogP contribution in [-0.4, -0.2) is 66.6 Å². The van der Waals surface area contributed by atoms with Crippen LogP contribution in [-0.2, 0) is 20.7 Å². The van der Waals surface area contributed by atoms with Gasteiger partial charge in [-0.2, -0.15) is 0 Å². The molecule has 1 amide bonds. The lowest BCUT2D eigenvalue weighted by molar-refractivity contribution is -0.158. The van der Waals surface area contributed by atoms with E-state index in [-0.39, 0.29) is 29.7 Å². The number of rotatable bonds is 10. The molecule has 2 aliphatic heterocycles. The smallest absolute Gasteiger partial charge is 0.307 e. The van der Waals surface area contributed by atoms with Crippen molar-refractivity contribution in [1.29, 1.82) is 0 Å². The van der Waals surface area contributed by atoms with Gasteiger partial charge >= 0.3 is 5.97 Å². The molecule has 0 aliphatic carbocycles. The van der Waals surface area contributed by atoms with Crippen molar-refractivity contribution in [3.05, 3.63) is 63.4 Å². The molecule has 1 atom stereocenters. The number of likely N-dealkylation sites (tertiary alicyclic amines) is 2. The van der Waals surface area contributed by atoms with Crippen LogP contribution in [0, 0.1) is 11.7 Å². The third-order valence-electron chi connectivity index (χ3n) is 7.75. The molecule has 2 saturated heterocycles. The SMILES string of the molecule is CC(C)(C)OC(=O)C[C@H](Cc1ccc(Cl)cc1F)C(=O)N1CCC(c2ccc(Cl)cc2OCCN2CCCC2)CC1. The molecule has 2 aromatic carbocycles. The summed E-state index contributed by atoms with van der Waals surface area (Å²) in [6.45, 7) is 10.2. The van der Waals surface area contributed by atoms with Crippen LogP contribution in [0.3, 0.4) is 0 Å². The molecular formula is C32H41Cl2FN2O4. The Morgan fingerprint density at radius 2 is 1.66 bits per heavy atom. The van der Waals surface area contributed by atoms with Crippen LogP contribution < -0.4 is 4.74 Å². The van der Waals surface area contributed by atoms with E-state index in [1.165, 1.54) is 18.9 Å². The highest BCUT2D eigenvalue weighted by Crippen LogP contribution is 2.36. The number of halogens is 3. The summed E-state index contributed by atoms with van der Waals surface area (Å²) in [5, 5.41) is 0.918. The van der Waals surface area contributed by atoms with Gasteiger partial charge < -0.3 is 14.4 Å². The van der Waals surface area contributed by atoms with Crippen LogP contribution in [0.1, 0.15) is 69.9 Å². The summed E-state index contributed by atoms with van der Waals surface area (Å²) >= 11 is 12.2. The summed E-state index contributed by atoms with van der Waals surface area (Å²) in [4.78, 5) is 30.7. The van der Waals surface area contributed by atoms with Crippen LogP contribution in [0.4, 0.5) is 4.39 Å². The molecule has 2 heterocycles. The predicted octanol–water partition coefficient (Wildman–Crippen LogP) is 6.90. The monoisotopic (exact) mass is 606 g/mol. The minimum atomic E-state index is -0.739. The van der Waals surface area contributed by atoms with E-state index in [0.717, 1.165) is 43.8 Å². The lowest BCUT2D eigenvalue weighted by Crippen LogP contribution is -2.43. The predicted molar refractivity (Wildman–Crippen MR) is 160 cm³/mol. The summed E-state index contributed by atoms with van der Waals surface area (Å²) in [6.07, 6.45) is 3.96. The van der Waals surface area contributed by atoms with E-state index < -0.39 is 23.3 Å². The van der Waals surface area contributed by atoms with E-state index in [1.807, 2.05) is 18.2 Å². The fraction of sp³-hybridized carbons (Fsp3) is 0.562. The molecule has 41 heavy (non-hydrogen) atoms. The number of benzene rings is 2. The molecule has 4 rings (SSSR count). The van der Waals surface area contributed by atoms with Crippen molar-refractivity contribution < 1.29 is 23.5 Å². The third-order valence-corrected chi connectivity index (χ3v) is 8.22. The van der Waals surface area contributed by atoms with Gasteiger partial charge in [0.2, 0.25) is 5.91 Å². The Morgan fingerprint density at radius 3 is 2.32 bits per heavy atom. The maximum atomic E-state index is 14.7. The zero-order valence-corrected chi connectivity index (χ0v) is 25.8. The maximum Gasteiger partial charge on any atom is 0.307 e. The van der Waals surface area contributed by atoms with Crippen LogP contribution in [0.25, 0.3) is 0 Å². The first-order valence-corrected chi connectivity index (χ1v) is 15.3. The fourth-order valence-corrected chi connectivity index (χ4v) is 6.04. The molecule has 9 heteroatoms. The van der Waals surface area contributed by atoms with Gasteiger partial charge in [0.05, 0.1) is 12.3 Å². The van der Waals surface area contributed by atoms with E-state index in [4.69, 9.17) is 32.7 Å². The third kappa shape index (κ3) is 9.32. The summed E-state index contributed by atoms with van der Waals surface area (Å²) in [5.74, 6) is -0.840. The second kappa shape index (κ2) is 14.2. The number of carbonyl (C=O) groups excluding carboxylic acids is 2. The van der Waals surface area contributed by atoms with Gasteiger partial charge in [-0.1, -0.05) is 35.3 Å². The first-order valence-electron chi connectivity index (χ1n) is 14.6. The highest BCUT2D eigenvalue weighted by atomic mass is 35.5. The van der Waals surface area contributed by atoms with Crippen molar-refractivity contribution in [2.45, 2.75) is 70.8 Å². The molecule has 0 unspecified atom stereocenters. The second-order valence-electron chi connectivity index (χ2n) is 12.1. The second-order valence-corrected chi connectivity index (χ2v) is 13.0. The highest BCUT2D eigenvalue weighted by Gasteiger charge is 2.33. The van der Waals surface area contributed by atoms with E-state index in [0.29, 0.717) is 30.3 Å². The average Bonchev–Trinajstić information content (AvgIpc) is 3.42. The Morgan fingerprint density at radius 1 is 1.00 bits per heavy atom. The van der Waals surface area contributed by atoms with Gasteiger partial charge in [-0.25, -0.2) is 4.39 Å². The van der Waals surface area contributed by atoms with Crippen molar-refractivity contribution >= 4 is 35.1 Å². The van der Waals surface area contributed by atoms with Crippen molar-refractivity contribution in [2.24, 2.45) is 5.92 Å². The molecule has 0 aromatic heterocycles. The van der Waals surface area contributed by atoms with Gasteiger partial charge in [-0.3, -0.25) is 14.5 Å². The summed E-state index contributed by atoms with van der Waals surface area (Å²) in [5.41, 5.74) is 0.779.